The van der Waals surface area contributed by atoms with E-state index in [-0.39, 0.29) is 0 Å². The maximum absolute atomic E-state index is 8.76. The van der Waals surface area contributed by atoms with Gasteiger partial charge in [-0.2, -0.15) is 0 Å². The highest BCUT2D eigenvalue weighted by Crippen LogP contribution is 2.44. The van der Waals surface area contributed by atoms with E-state index in [0.717, 1.165) is 29.5 Å². The second kappa shape index (κ2) is 8.10. The van der Waals surface area contributed by atoms with Crippen LogP contribution in [0.1, 0.15) is 54.4 Å². The molecule has 17 heavy (non-hydrogen) atoms. The molecule has 0 bridgehead atoms. The summed E-state index contributed by atoms with van der Waals surface area (Å²) in [7, 11) is -1.24. The molecule has 0 aromatic carbocycles. The second-order valence-electron chi connectivity index (χ2n) is 6.12. The predicted molar refractivity (Wildman–Crippen MR) is 81.3 cm³/mol. The van der Waals surface area contributed by atoms with E-state index < -0.39 is 8.07 Å². The Morgan fingerprint density at radius 2 is 1.35 bits per heavy atom. The van der Waals surface area contributed by atoms with E-state index in [9.17, 15) is 0 Å². The lowest BCUT2D eigenvalue weighted by molar-refractivity contribution is 0.289. The first-order valence-corrected chi connectivity index (χ1v) is 9.59. The minimum absolute atomic E-state index is 0.311. The summed E-state index contributed by atoms with van der Waals surface area (Å²) in [6.07, 6.45) is 6.58. The normalized spacial score (nSPS) is 13.5. The fourth-order valence-electron chi connectivity index (χ4n) is 3.32. The van der Waals surface area contributed by atoms with Gasteiger partial charge in [-0.3, -0.25) is 0 Å². The molecular formula is C15H32OSi. The second-order valence-corrected chi connectivity index (χ2v) is 12.2. The van der Waals surface area contributed by atoms with Crippen LogP contribution in [0.15, 0.2) is 12.2 Å². The Balaban J connectivity index is 4.64. The van der Waals surface area contributed by atoms with Crippen molar-refractivity contribution in [3.05, 3.63) is 12.2 Å². The third-order valence-corrected chi connectivity index (χ3v) is 11.8. The van der Waals surface area contributed by atoms with Crippen molar-refractivity contribution >= 4 is 8.07 Å². The van der Waals surface area contributed by atoms with Crippen molar-refractivity contribution in [2.24, 2.45) is 0 Å². The number of allylic oxidation sites excluding steroid dienone is 2. The molecule has 0 unspecified atom stereocenters. The van der Waals surface area contributed by atoms with Gasteiger partial charge in [-0.15, -0.1) is 0 Å². The van der Waals surface area contributed by atoms with Gasteiger partial charge in [0.2, 0.25) is 0 Å². The molecule has 0 amide bonds. The average molecular weight is 257 g/mol. The number of hydrogen-bond acceptors (Lipinski definition) is 1. The van der Waals surface area contributed by atoms with Crippen molar-refractivity contribution in [2.45, 2.75) is 77.1 Å². The third kappa shape index (κ3) is 4.59. The maximum atomic E-state index is 8.76. The summed E-state index contributed by atoms with van der Waals surface area (Å²) in [4.78, 5) is 0. The van der Waals surface area contributed by atoms with Crippen LogP contribution < -0.4 is 0 Å². The van der Waals surface area contributed by atoms with Crippen molar-refractivity contribution in [1.29, 1.82) is 0 Å². The molecule has 0 spiro atoms. The SMILES string of the molecule is CC(C)[Si](C/C=C/CCCO)(C(C)C)C(C)C. The Morgan fingerprint density at radius 1 is 0.882 bits per heavy atom. The zero-order chi connectivity index (χ0) is 13.5. The van der Waals surface area contributed by atoms with Crippen LogP contribution in [0.5, 0.6) is 0 Å². The van der Waals surface area contributed by atoms with Gasteiger partial charge < -0.3 is 5.11 Å². The van der Waals surface area contributed by atoms with Gasteiger partial charge in [0, 0.05) is 6.61 Å². The predicted octanol–water partition coefficient (Wildman–Crippen LogP) is 4.99. The highest BCUT2D eigenvalue weighted by molar-refractivity contribution is 6.83. The van der Waals surface area contributed by atoms with Crippen molar-refractivity contribution in [1.82, 2.24) is 0 Å². The number of hydrogen-bond donors (Lipinski definition) is 1. The van der Waals surface area contributed by atoms with E-state index in [1.807, 2.05) is 0 Å². The highest BCUT2D eigenvalue weighted by Gasteiger charge is 2.41. The maximum Gasteiger partial charge on any atom is 0.0650 e. The molecule has 0 radical (unpaired) electrons. The van der Waals surface area contributed by atoms with Gasteiger partial charge in [0.1, 0.15) is 0 Å². The van der Waals surface area contributed by atoms with Gasteiger partial charge in [0.05, 0.1) is 8.07 Å². The molecule has 0 aliphatic rings. The smallest absolute Gasteiger partial charge is 0.0650 e. The first kappa shape index (κ1) is 16.9. The molecule has 2 heteroatoms. The number of aliphatic hydroxyl groups is 1. The third-order valence-electron chi connectivity index (χ3n) is 4.39. The largest absolute Gasteiger partial charge is 0.396 e. The minimum Gasteiger partial charge on any atom is -0.396 e. The molecule has 1 nitrogen and oxygen atoms in total. The lowest BCUT2D eigenvalue weighted by Gasteiger charge is -2.42. The summed E-state index contributed by atoms with van der Waals surface area (Å²) in [5, 5.41) is 8.76. The molecule has 0 aromatic heterocycles. The van der Waals surface area contributed by atoms with Crippen LogP contribution in [0, 0.1) is 0 Å². The fraction of sp³-hybridized carbons (Fsp3) is 0.867. The quantitative estimate of drug-likeness (QED) is 0.368. The van der Waals surface area contributed by atoms with Crippen molar-refractivity contribution in [3.63, 3.8) is 0 Å². The summed E-state index contributed by atoms with van der Waals surface area (Å²) >= 11 is 0. The molecule has 0 aliphatic carbocycles. The summed E-state index contributed by atoms with van der Waals surface area (Å²) in [6.45, 7) is 14.8. The molecule has 0 rings (SSSR count). The average Bonchev–Trinajstić information content (AvgIpc) is 2.21. The van der Waals surface area contributed by atoms with Crippen LogP contribution >= 0.6 is 0 Å². The van der Waals surface area contributed by atoms with Crippen molar-refractivity contribution in [3.8, 4) is 0 Å². The Labute approximate surface area is 109 Å². The van der Waals surface area contributed by atoms with Crippen LogP contribution in [0.25, 0.3) is 0 Å². The van der Waals surface area contributed by atoms with Crippen LogP contribution in [0.2, 0.25) is 22.7 Å². The molecule has 0 atom stereocenters. The summed E-state index contributed by atoms with van der Waals surface area (Å²) in [5.74, 6) is 0. The van der Waals surface area contributed by atoms with Crippen LogP contribution in [0.3, 0.4) is 0 Å². The molecule has 0 aliphatic heterocycles. The van der Waals surface area contributed by atoms with Gasteiger partial charge in [0.15, 0.2) is 0 Å². The number of unbranched alkanes of at least 4 members (excludes halogenated alkanes) is 1. The monoisotopic (exact) mass is 256 g/mol. The van der Waals surface area contributed by atoms with E-state index >= 15 is 0 Å². The lowest BCUT2D eigenvalue weighted by atomic mass is 10.3. The molecule has 0 saturated heterocycles. The first-order chi connectivity index (χ1) is 7.89. The highest BCUT2D eigenvalue weighted by atomic mass is 28.3. The van der Waals surface area contributed by atoms with Crippen LogP contribution in [-0.4, -0.2) is 19.8 Å². The molecule has 0 heterocycles. The number of rotatable bonds is 8. The fourth-order valence-corrected chi connectivity index (χ4v) is 9.31. The Morgan fingerprint density at radius 3 is 1.71 bits per heavy atom. The van der Waals surface area contributed by atoms with Crippen molar-refractivity contribution in [2.75, 3.05) is 6.61 Å². The standard InChI is InChI=1S/C15H32OSi/c1-13(2)17(14(3)4,15(5)6)12-10-8-7-9-11-16/h8,10,13-16H,7,9,11-12H2,1-6H3/b10-8+. The van der Waals surface area contributed by atoms with Gasteiger partial charge >= 0.3 is 0 Å². The number of aliphatic hydroxyl groups excluding tert-OH is 1. The summed E-state index contributed by atoms with van der Waals surface area (Å²) in [6, 6.07) is 1.30. The minimum atomic E-state index is -1.24. The van der Waals surface area contributed by atoms with E-state index in [4.69, 9.17) is 5.11 Å². The summed E-state index contributed by atoms with van der Waals surface area (Å²) in [5.41, 5.74) is 2.51. The topological polar surface area (TPSA) is 20.2 Å². The molecule has 102 valence electrons. The Hall–Kier alpha value is -0.0831. The molecular weight excluding hydrogens is 224 g/mol. The van der Waals surface area contributed by atoms with E-state index in [2.05, 4.69) is 53.7 Å². The van der Waals surface area contributed by atoms with Gasteiger partial charge in [0.25, 0.3) is 0 Å². The molecule has 1 N–H and O–H groups in total. The van der Waals surface area contributed by atoms with Crippen molar-refractivity contribution < 1.29 is 5.11 Å². The Kier molecular flexibility index (Phi) is 8.06. The molecule has 0 aromatic rings. The molecule has 0 fully saturated rings. The van der Waals surface area contributed by atoms with Crippen LogP contribution in [-0.2, 0) is 0 Å². The summed E-state index contributed by atoms with van der Waals surface area (Å²) < 4.78 is 0. The zero-order valence-corrected chi connectivity index (χ0v) is 13.7. The van der Waals surface area contributed by atoms with E-state index in [0.29, 0.717) is 6.61 Å². The van der Waals surface area contributed by atoms with E-state index in [1.165, 1.54) is 6.04 Å². The van der Waals surface area contributed by atoms with Gasteiger partial charge in [-0.1, -0.05) is 70.3 Å². The van der Waals surface area contributed by atoms with Gasteiger partial charge in [-0.05, 0) is 18.9 Å². The first-order valence-electron chi connectivity index (χ1n) is 7.15. The van der Waals surface area contributed by atoms with Gasteiger partial charge in [-0.25, -0.2) is 0 Å². The van der Waals surface area contributed by atoms with E-state index in [1.54, 1.807) is 0 Å². The van der Waals surface area contributed by atoms with Crippen LogP contribution in [0.4, 0.5) is 0 Å². The lowest BCUT2D eigenvalue weighted by Crippen LogP contribution is -2.43. The molecule has 0 saturated carbocycles. The Bertz CT molecular complexity index is 197. The zero-order valence-electron chi connectivity index (χ0n) is 12.7.